The first-order chi connectivity index (χ1) is 9.52. The molecular weight excluding hydrogens is 276 g/mol. The summed E-state index contributed by atoms with van der Waals surface area (Å²) in [6.07, 6.45) is 0.505. The van der Waals surface area contributed by atoms with Crippen LogP contribution in [-0.2, 0) is 4.79 Å². The Kier molecular flexibility index (Phi) is 7.41. The van der Waals surface area contributed by atoms with E-state index < -0.39 is 0 Å². The van der Waals surface area contributed by atoms with Crippen molar-refractivity contribution >= 4 is 17.5 Å². The number of carbonyl (C=O) groups is 1. The Labute approximate surface area is 126 Å². The summed E-state index contributed by atoms with van der Waals surface area (Å²) in [5, 5.41) is 3.91. The molecule has 0 saturated heterocycles. The van der Waals surface area contributed by atoms with Gasteiger partial charge in [0.2, 0.25) is 5.91 Å². The number of nitrogens with one attached hydrogen (secondary N) is 1. The van der Waals surface area contributed by atoms with Crippen LogP contribution in [0.5, 0.6) is 5.75 Å². The largest absolute Gasteiger partial charge is 0.492 e. The van der Waals surface area contributed by atoms with E-state index in [1.807, 2.05) is 26.0 Å². The maximum absolute atomic E-state index is 11.9. The summed E-state index contributed by atoms with van der Waals surface area (Å²) in [6, 6.07) is 7.40. The summed E-state index contributed by atoms with van der Waals surface area (Å²) in [7, 11) is 1.80. The lowest BCUT2D eigenvalue weighted by atomic mass is 10.2. The highest BCUT2D eigenvalue weighted by molar-refractivity contribution is 6.30. The average Bonchev–Trinajstić information content (AvgIpc) is 2.41. The van der Waals surface area contributed by atoms with Crippen LogP contribution in [0, 0.1) is 0 Å². The lowest BCUT2D eigenvalue weighted by molar-refractivity contribution is -0.130. The Morgan fingerprint density at radius 2 is 2.05 bits per heavy atom. The highest BCUT2D eigenvalue weighted by Crippen LogP contribution is 2.15. The Bertz CT molecular complexity index is 409. The topological polar surface area (TPSA) is 41.6 Å². The third kappa shape index (κ3) is 6.26. The smallest absolute Gasteiger partial charge is 0.223 e. The number of benzene rings is 1. The summed E-state index contributed by atoms with van der Waals surface area (Å²) in [4.78, 5) is 13.6. The van der Waals surface area contributed by atoms with Crippen molar-refractivity contribution in [3.05, 3.63) is 29.3 Å². The van der Waals surface area contributed by atoms with E-state index in [1.54, 1.807) is 24.1 Å². The van der Waals surface area contributed by atoms with Gasteiger partial charge < -0.3 is 15.0 Å². The molecule has 112 valence electrons. The van der Waals surface area contributed by atoms with E-state index in [1.165, 1.54) is 0 Å². The number of nitrogens with zero attached hydrogens (tertiary/aromatic N) is 1. The molecule has 20 heavy (non-hydrogen) atoms. The van der Waals surface area contributed by atoms with Gasteiger partial charge >= 0.3 is 0 Å². The number of carbonyl (C=O) groups excluding carboxylic acids is 1. The van der Waals surface area contributed by atoms with Gasteiger partial charge in [-0.25, -0.2) is 0 Å². The second-order valence-electron chi connectivity index (χ2n) is 4.78. The van der Waals surface area contributed by atoms with Gasteiger partial charge in [0.25, 0.3) is 0 Å². The number of hydrogen-bond donors (Lipinski definition) is 1. The van der Waals surface area contributed by atoms with Crippen LogP contribution in [0.3, 0.4) is 0 Å². The van der Waals surface area contributed by atoms with Gasteiger partial charge in [-0.1, -0.05) is 18.5 Å². The Balaban J connectivity index is 2.26. The molecule has 0 saturated carbocycles. The van der Waals surface area contributed by atoms with Crippen LogP contribution < -0.4 is 10.1 Å². The summed E-state index contributed by atoms with van der Waals surface area (Å²) in [5.74, 6) is 0.884. The van der Waals surface area contributed by atoms with Gasteiger partial charge in [-0.3, -0.25) is 4.79 Å². The van der Waals surface area contributed by atoms with Crippen LogP contribution in [0.4, 0.5) is 0 Å². The van der Waals surface area contributed by atoms with E-state index in [2.05, 4.69) is 5.32 Å². The molecule has 5 heteroatoms. The van der Waals surface area contributed by atoms with Crippen LogP contribution >= 0.6 is 11.6 Å². The minimum atomic E-state index is 0.123. The Hall–Kier alpha value is -1.26. The molecule has 1 aromatic rings. The molecule has 0 heterocycles. The summed E-state index contributed by atoms with van der Waals surface area (Å²) in [6.45, 7) is 5.96. The van der Waals surface area contributed by atoms with Gasteiger partial charge in [0.15, 0.2) is 0 Å². The summed E-state index contributed by atoms with van der Waals surface area (Å²) >= 11 is 5.80. The maximum Gasteiger partial charge on any atom is 0.223 e. The fourth-order valence-electron chi connectivity index (χ4n) is 1.79. The number of hydrogen-bond acceptors (Lipinski definition) is 3. The van der Waals surface area contributed by atoms with Crippen molar-refractivity contribution in [3.63, 3.8) is 0 Å². The Morgan fingerprint density at radius 1 is 1.40 bits per heavy atom. The molecule has 1 unspecified atom stereocenters. The predicted octanol–water partition coefficient (Wildman–Crippen LogP) is 2.57. The molecule has 1 atom stereocenters. The van der Waals surface area contributed by atoms with E-state index in [0.717, 1.165) is 12.3 Å². The van der Waals surface area contributed by atoms with E-state index in [-0.39, 0.29) is 11.9 Å². The zero-order valence-corrected chi connectivity index (χ0v) is 13.1. The molecule has 4 nitrogen and oxygen atoms in total. The zero-order chi connectivity index (χ0) is 15.0. The van der Waals surface area contributed by atoms with E-state index in [0.29, 0.717) is 24.6 Å². The number of ether oxygens (including phenoxy) is 1. The van der Waals surface area contributed by atoms with Gasteiger partial charge in [0.05, 0.1) is 6.54 Å². The molecule has 1 amide bonds. The molecule has 0 radical (unpaired) electrons. The van der Waals surface area contributed by atoms with Crippen molar-refractivity contribution in [1.82, 2.24) is 10.2 Å². The molecule has 0 aliphatic rings. The van der Waals surface area contributed by atoms with Crippen molar-refractivity contribution in [1.29, 1.82) is 0 Å². The van der Waals surface area contributed by atoms with Gasteiger partial charge in [0.1, 0.15) is 12.4 Å². The highest BCUT2D eigenvalue weighted by Gasteiger charge is 2.12. The van der Waals surface area contributed by atoms with E-state index >= 15 is 0 Å². The third-order valence-electron chi connectivity index (χ3n) is 2.97. The minimum Gasteiger partial charge on any atom is -0.492 e. The molecule has 0 aliphatic carbocycles. The van der Waals surface area contributed by atoms with Crippen LogP contribution in [0.2, 0.25) is 5.02 Å². The van der Waals surface area contributed by atoms with Gasteiger partial charge in [-0.2, -0.15) is 0 Å². The standard InChI is InChI=1S/C15H23ClN2O2/c1-4-17-12(2)11-15(19)18(3)9-10-20-14-7-5-13(16)6-8-14/h5-8,12,17H,4,9-11H2,1-3H3. The highest BCUT2D eigenvalue weighted by atomic mass is 35.5. The molecule has 0 fully saturated rings. The quantitative estimate of drug-likeness (QED) is 0.802. The van der Waals surface area contributed by atoms with E-state index in [9.17, 15) is 4.79 Å². The summed E-state index contributed by atoms with van der Waals surface area (Å²) in [5.41, 5.74) is 0. The lowest BCUT2D eigenvalue weighted by Gasteiger charge is -2.20. The second-order valence-corrected chi connectivity index (χ2v) is 5.22. The zero-order valence-electron chi connectivity index (χ0n) is 12.4. The third-order valence-corrected chi connectivity index (χ3v) is 3.22. The number of rotatable bonds is 8. The summed E-state index contributed by atoms with van der Waals surface area (Å²) < 4.78 is 5.57. The normalized spacial score (nSPS) is 12.0. The maximum atomic E-state index is 11.9. The Morgan fingerprint density at radius 3 is 2.65 bits per heavy atom. The van der Waals surface area contributed by atoms with Crippen molar-refractivity contribution in [2.45, 2.75) is 26.3 Å². The van der Waals surface area contributed by atoms with Crippen LogP contribution in [0.25, 0.3) is 0 Å². The van der Waals surface area contributed by atoms with Crippen LogP contribution in [-0.4, -0.2) is 43.6 Å². The number of likely N-dealkylation sites (N-methyl/N-ethyl adjacent to an activating group) is 1. The average molecular weight is 299 g/mol. The molecule has 1 N–H and O–H groups in total. The van der Waals surface area contributed by atoms with Gasteiger partial charge in [-0.15, -0.1) is 0 Å². The van der Waals surface area contributed by atoms with Crippen molar-refractivity contribution in [2.75, 3.05) is 26.7 Å². The monoisotopic (exact) mass is 298 g/mol. The van der Waals surface area contributed by atoms with Crippen LogP contribution in [0.1, 0.15) is 20.3 Å². The molecule has 0 bridgehead atoms. The molecule has 0 spiro atoms. The fraction of sp³-hybridized carbons (Fsp3) is 0.533. The first-order valence-corrected chi connectivity index (χ1v) is 7.26. The lowest BCUT2D eigenvalue weighted by Crippen LogP contribution is -2.36. The van der Waals surface area contributed by atoms with Crippen molar-refractivity contribution < 1.29 is 9.53 Å². The number of halogens is 1. The van der Waals surface area contributed by atoms with Crippen molar-refractivity contribution in [2.24, 2.45) is 0 Å². The van der Waals surface area contributed by atoms with Gasteiger partial charge in [-0.05, 0) is 37.7 Å². The minimum absolute atomic E-state index is 0.123. The second kappa shape index (κ2) is 8.82. The molecular formula is C15H23ClN2O2. The first-order valence-electron chi connectivity index (χ1n) is 6.88. The first kappa shape index (κ1) is 16.8. The molecule has 0 aromatic heterocycles. The molecule has 1 aromatic carbocycles. The van der Waals surface area contributed by atoms with Gasteiger partial charge in [0, 0.05) is 24.5 Å². The van der Waals surface area contributed by atoms with Crippen LogP contribution in [0.15, 0.2) is 24.3 Å². The molecule has 0 aliphatic heterocycles. The van der Waals surface area contributed by atoms with Crippen molar-refractivity contribution in [3.8, 4) is 5.75 Å². The SMILES string of the molecule is CCNC(C)CC(=O)N(C)CCOc1ccc(Cl)cc1. The fourth-order valence-corrected chi connectivity index (χ4v) is 1.92. The number of amides is 1. The van der Waals surface area contributed by atoms with E-state index in [4.69, 9.17) is 16.3 Å². The predicted molar refractivity (Wildman–Crippen MR) is 82.3 cm³/mol. The molecule has 1 rings (SSSR count).